The number of ketones is 1. The van der Waals surface area contributed by atoms with Gasteiger partial charge in [0.05, 0.1) is 0 Å². The molecule has 1 aromatic rings. The second kappa shape index (κ2) is 6.34. The van der Waals surface area contributed by atoms with Crippen LogP contribution in [-0.2, 0) is 20.9 Å². The van der Waals surface area contributed by atoms with Gasteiger partial charge >= 0.3 is 5.97 Å². The average Bonchev–Trinajstić information content (AvgIpc) is 2.52. The van der Waals surface area contributed by atoms with E-state index in [1.165, 1.54) is 6.42 Å². The Morgan fingerprint density at radius 2 is 1.88 bits per heavy atom. The van der Waals surface area contributed by atoms with Crippen molar-refractivity contribution in [2.75, 3.05) is 0 Å². The number of Topliss-reactive ketones (excluding diaryl/α,β-unsaturated/α-hetero) is 1. The lowest BCUT2D eigenvalue weighted by molar-refractivity contribution is -0.170. The lowest BCUT2D eigenvalue weighted by Gasteiger charge is -2.55. The Labute approximate surface area is 144 Å². The van der Waals surface area contributed by atoms with Crippen LogP contribution in [0.2, 0.25) is 0 Å². The highest BCUT2D eigenvalue weighted by Crippen LogP contribution is 2.59. The van der Waals surface area contributed by atoms with E-state index in [-0.39, 0.29) is 29.2 Å². The van der Waals surface area contributed by atoms with Crippen LogP contribution < -0.4 is 0 Å². The van der Waals surface area contributed by atoms with Gasteiger partial charge < -0.3 is 4.74 Å². The molecule has 2 fully saturated rings. The summed E-state index contributed by atoms with van der Waals surface area (Å²) in [6.45, 7) is 6.96. The van der Waals surface area contributed by atoms with Crippen molar-refractivity contribution in [3.63, 3.8) is 0 Å². The number of ether oxygens (including phenoxy) is 1. The first-order valence-corrected chi connectivity index (χ1v) is 9.08. The first kappa shape index (κ1) is 17.2. The van der Waals surface area contributed by atoms with Crippen LogP contribution in [0.3, 0.4) is 0 Å². The Morgan fingerprint density at radius 3 is 2.58 bits per heavy atom. The highest BCUT2D eigenvalue weighted by molar-refractivity contribution is 6.00. The van der Waals surface area contributed by atoms with E-state index in [2.05, 4.69) is 20.8 Å². The maximum absolute atomic E-state index is 12.8. The zero-order valence-corrected chi connectivity index (χ0v) is 15.0. The smallest absolute Gasteiger partial charge is 0.317 e. The molecule has 0 aromatic heterocycles. The highest BCUT2D eigenvalue weighted by atomic mass is 16.5. The molecule has 0 bridgehead atoms. The van der Waals surface area contributed by atoms with Gasteiger partial charge in [-0.25, -0.2) is 0 Å². The molecule has 2 aliphatic carbocycles. The van der Waals surface area contributed by atoms with E-state index in [0.717, 1.165) is 24.8 Å². The van der Waals surface area contributed by atoms with Crippen molar-refractivity contribution < 1.29 is 14.3 Å². The SMILES string of the molecule is CC1(C)CCC[C@@]2(C)[C@H](C(=O)OCc3ccccc3)C(=O)CC[C@H]12. The van der Waals surface area contributed by atoms with E-state index in [0.29, 0.717) is 12.3 Å². The van der Waals surface area contributed by atoms with Gasteiger partial charge in [0.25, 0.3) is 0 Å². The molecule has 0 aliphatic heterocycles. The third kappa shape index (κ3) is 3.01. The standard InChI is InChI=1S/C21H28O3/c1-20(2)12-7-13-21(3)17(20)11-10-16(22)18(21)19(23)24-14-15-8-5-4-6-9-15/h4-6,8-9,17-18H,7,10-14H2,1-3H3/t17-,18+,21-/m1/s1. The van der Waals surface area contributed by atoms with E-state index < -0.39 is 5.92 Å². The monoisotopic (exact) mass is 328 g/mol. The minimum absolute atomic E-state index is 0.0736. The summed E-state index contributed by atoms with van der Waals surface area (Å²) >= 11 is 0. The topological polar surface area (TPSA) is 43.4 Å². The van der Waals surface area contributed by atoms with E-state index in [4.69, 9.17) is 4.74 Å². The maximum Gasteiger partial charge on any atom is 0.317 e. The minimum Gasteiger partial charge on any atom is -0.460 e. The van der Waals surface area contributed by atoms with E-state index in [1.807, 2.05) is 30.3 Å². The molecule has 0 saturated heterocycles. The molecule has 0 heterocycles. The van der Waals surface area contributed by atoms with Crippen LogP contribution in [0.5, 0.6) is 0 Å². The summed E-state index contributed by atoms with van der Waals surface area (Å²) in [5, 5.41) is 0. The maximum atomic E-state index is 12.8. The Bertz CT molecular complexity index is 619. The molecule has 3 heteroatoms. The highest BCUT2D eigenvalue weighted by Gasteiger charge is 2.57. The van der Waals surface area contributed by atoms with Gasteiger partial charge in [0, 0.05) is 6.42 Å². The fourth-order valence-corrected chi connectivity index (χ4v) is 5.24. The molecule has 1 aromatic carbocycles. The molecule has 3 nitrogen and oxygen atoms in total. The van der Waals surface area contributed by atoms with Crippen molar-refractivity contribution in [3.8, 4) is 0 Å². The van der Waals surface area contributed by atoms with Crippen molar-refractivity contribution in [2.24, 2.45) is 22.7 Å². The quantitative estimate of drug-likeness (QED) is 0.604. The number of hydrogen-bond acceptors (Lipinski definition) is 3. The molecule has 2 saturated carbocycles. The number of carbonyl (C=O) groups is 2. The van der Waals surface area contributed by atoms with Gasteiger partial charge in [0.1, 0.15) is 18.3 Å². The van der Waals surface area contributed by atoms with Crippen LogP contribution in [0, 0.1) is 22.7 Å². The molecule has 3 rings (SSSR count). The Kier molecular flexibility index (Phi) is 4.54. The average molecular weight is 328 g/mol. The van der Waals surface area contributed by atoms with Crippen molar-refractivity contribution in [1.82, 2.24) is 0 Å². The second-order valence-electron chi connectivity index (χ2n) is 8.43. The number of rotatable bonds is 3. The largest absolute Gasteiger partial charge is 0.460 e. The van der Waals surface area contributed by atoms with E-state index in [1.54, 1.807) is 0 Å². The van der Waals surface area contributed by atoms with Crippen LogP contribution in [0.4, 0.5) is 0 Å². The zero-order chi connectivity index (χ0) is 17.4. The number of benzene rings is 1. The third-order valence-electron chi connectivity index (χ3n) is 6.40. The zero-order valence-electron chi connectivity index (χ0n) is 15.0. The minimum atomic E-state index is -0.598. The summed E-state index contributed by atoms with van der Waals surface area (Å²) in [6.07, 6.45) is 4.61. The Balaban J connectivity index is 1.79. The lowest BCUT2D eigenvalue weighted by atomic mass is 9.48. The normalized spacial score (nSPS) is 32.0. The summed E-state index contributed by atoms with van der Waals surface area (Å²) < 4.78 is 5.56. The number of esters is 1. The molecule has 130 valence electrons. The second-order valence-corrected chi connectivity index (χ2v) is 8.43. The molecular weight excluding hydrogens is 300 g/mol. The summed E-state index contributed by atoms with van der Waals surface area (Å²) in [6, 6.07) is 9.66. The Hall–Kier alpha value is -1.64. The van der Waals surface area contributed by atoms with Gasteiger partial charge in [0.15, 0.2) is 0 Å². The molecule has 3 atom stereocenters. The first-order valence-electron chi connectivity index (χ1n) is 9.08. The molecule has 0 unspecified atom stereocenters. The van der Waals surface area contributed by atoms with Crippen molar-refractivity contribution in [1.29, 1.82) is 0 Å². The van der Waals surface area contributed by atoms with Crippen molar-refractivity contribution in [3.05, 3.63) is 35.9 Å². The molecule has 0 spiro atoms. The van der Waals surface area contributed by atoms with Crippen molar-refractivity contribution >= 4 is 11.8 Å². The van der Waals surface area contributed by atoms with Crippen LogP contribution in [0.15, 0.2) is 30.3 Å². The van der Waals surface area contributed by atoms with Gasteiger partial charge in [-0.15, -0.1) is 0 Å². The number of hydrogen-bond donors (Lipinski definition) is 0. The van der Waals surface area contributed by atoms with Crippen LogP contribution in [0.1, 0.15) is 58.4 Å². The molecule has 0 amide bonds. The fraction of sp³-hybridized carbons (Fsp3) is 0.619. The van der Waals surface area contributed by atoms with Gasteiger partial charge in [-0.3, -0.25) is 9.59 Å². The third-order valence-corrected chi connectivity index (χ3v) is 6.40. The predicted molar refractivity (Wildman–Crippen MR) is 93.2 cm³/mol. The fourth-order valence-electron chi connectivity index (χ4n) is 5.24. The predicted octanol–water partition coefficient (Wildman–Crippen LogP) is 4.54. The molecule has 2 aliphatic rings. The van der Waals surface area contributed by atoms with Gasteiger partial charge in [-0.1, -0.05) is 57.5 Å². The summed E-state index contributed by atoms with van der Waals surface area (Å²) in [7, 11) is 0. The van der Waals surface area contributed by atoms with Crippen molar-refractivity contribution in [2.45, 2.75) is 59.5 Å². The summed E-state index contributed by atoms with van der Waals surface area (Å²) in [5.41, 5.74) is 0.885. The molecular formula is C21H28O3. The van der Waals surface area contributed by atoms with Crippen LogP contribution in [-0.4, -0.2) is 11.8 Å². The number of carbonyl (C=O) groups excluding carboxylic acids is 2. The van der Waals surface area contributed by atoms with Gasteiger partial charge in [0.2, 0.25) is 0 Å². The number of fused-ring (bicyclic) bond motifs is 1. The first-order chi connectivity index (χ1) is 11.3. The van der Waals surface area contributed by atoms with Gasteiger partial charge in [-0.2, -0.15) is 0 Å². The lowest BCUT2D eigenvalue weighted by Crippen LogP contribution is -2.54. The van der Waals surface area contributed by atoms with E-state index >= 15 is 0 Å². The van der Waals surface area contributed by atoms with E-state index in [9.17, 15) is 9.59 Å². The summed E-state index contributed by atoms with van der Waals surface area (Å²) in [5.74, 6) is -0.441. The van der Waals surface area contributed by atoms with Crippen LogP contribution >= 0.6 is 0 Å². The summed E-state index contributed by atoms with van der Waals surface area (Å²) in [4.78, 5) is 25.4. The molecule has 0 N–H and O–H groups in total. The molecule has 24 heavy (non-hydrogen) atoms. The molecule has 0 radical (unpaired) electrons. The van der Waals surface area contributed by atoms with Crippen LogP contribution in [0.25, 0.3) is 0 Å². The Morgan fingerprint density at radius 1 is 1.17 bits per heavy atom. The van der Waals surface area contributed by atoms with Gasteiger partial charge in [-0.05, 0) is 41.6 Å².